The van der Waals surface area contributed by atoms with Crippen molar-refractivity contribution in [3.63, 3.8) is 0 Å². The third kappa shape index (κ3) is 4.26. The van der Waals surface area contributed by atoms with Gasteiger partial charge in [0.1, 0.15) is 0 Å². The second kappa shape index (κ2) is 8.64. The van der Waals surface area contributed by atoms with Gasteiger partial charge >= 0.3 is 0 Å². The summed E-state index contributed by atoms with van der Waals surface area (Å²) in [4.78, 5) is 15.3. The molecule has 0 saturated carbocycles. The molecule has 1 aliphatic rings. The fraction of sp³-hybridized carbons (Fsp3) is 0.269. The Balaban J connectivity index is 1.92. The maximum atomic E-state index is 13.4. The van der Waals surface area contributed by atoms with E-state index in [0.29, 0.717) is 22.9 Å². The number of carbonyl (C=O) groups is 1. The number of aryl methyl sites for hydroxylation is 1. The van der Waals surface area contributed by atoms with Crippen molar-refractivity contribution in [2.45, 2.75) is 39.3 Å². The molecule has 0 spiro atoms. The molecule has 0 aliphatic carbocycles. The first-order valence-corrected chi connectivity index (χ1v) is 10.8. The van der Waals surface area contributed by atoms with E-state index < -0.39 is 0 Å². The van der Waals surface area contributed by atoms with Crippen molar-refractivity contribution >= 4 is 23.2 Å². The summed E-state index contributed by atoms with van der Waals surface area (Å²) in [7, 11) is 1.62. The van der Waals surface area contributed by atoms with Crippen LogP contribution in [0.25, 0.3) is 0 Å². The summed E-state index contributed by atoms with van der Waals surface area (Å²) in [5, 5.41) is 0.659. The highest BCUT2D eigenvalue weighted by molar-refractivity contribution is 6.30. The number of hydrogen-bond acceptors (Lipinski definition) is 3. The summed E-state index contributed by atoms with van der Waals surface area (Å²) in [5.41, 5.74) is 4.97. The van der Waals surface area contributed by atoms with Crippen LogP contribution in [0.15, 0.2) is 60.7 Å². The average Bonchev–Trinajstić information content (AvgIpc) is 2.74. The quantitative estimate of drug-likeness (QED) is 0.484. The van der Waals surface area contributed by atoms with Crippen LogP contribution in [0.4, 0.5) is 5.69 Å². The molecule has 0 fully saturated rings. The van der Waals surface area contributed by atoms with Gasteiger partial charge in [-0.15, -0.1) is 0 Å². The molecule has 4 nitrogen and oxygen atoms in total. The maximum absolute atomic E-state index is 13.4. The topological polar surface area (TPSA) is 38.8 Å². The molecule has 3 aromatic rings. The van der Waals surface area contributed by atoms with Crippen molar-refractivity contribution in [3.8, 4) is 11.5 Å². The first kappa shape index (κ1) is 21.3. The van der Waals surface area contributed by atoms with E-state index in [1.807, 2.05) is 86.3 Å². The van der Waals surface area contributed by atoms with Crippen molar-refractivity contribution in [2.75, 3.05) is 12.0 Å². The SMILES string of the molecule is COc1cc2c(cc1OC(C)C)C(c1ccc(Cl)cc1)N(c1ccc(C)cc1)C(=O)C2. The third-order valence-corrected chi connectivity index (χ3v) is 5.70. The summed E-state index contributed by atoms with van der Waals surface area (Å²) in [6, 6.07) is 19.4. The minimum absolute atomic E-state index is 0.000596. The number of methoxy groups -OCH3 is 1. The van der Waals surface area contributed by atoms with Crippen LogP contribution in [-0.2, 0) is 11.2 Å². The van der Waals surface area contributed by atoms with E-state index >= 15 is 0 Å². The van der Waals surface area contributed by atoms with Gasteiger partial charge in [0.15, 0.2) is 11.5 Å². The lowest BCUT2D eigenvalue weighted by Crippen LogP contribution is -2.41. The lowest BCUT2D eigenvalue weighted by atomic mass is 9.86. The molecule has 1 amide bonds. The van der Waals surface area contributed by atoms with E-state index in [2.05, 4.69) is 0 Å². The average molecular weight is 436 g/mol. The molecule has 0 bridgehead atoms. The number of benzene rings is 3. The molecular formula is C26H26ClNO3. The molecule has 0 N–H and O–H groups in total. The predicted molar refractivity (Wildman–Crippen MR) is 124 cm³/mol. The van der Waals surface area contributed by atoms with Gasteiger partial charge < -0.3 is 14.4 Å². The van der Waals surface area contributed by atoms with E-state index in [9.17, 15) is 4.79 Å². The van der Waals surface area contributed by atoms with Crippen LogP contribution in [0.5, 0.6) is 11.5 Å². The molecule has 5 heteroatoms. The van der Waals surface area contributed by atoms with Crippen molar-refractivity contribution in [1.29, 1.82) is 0 Å². The number of carbonyl (C=O) groups excluding carboxylic acids is 1. The zero-order valence-electron chi connectivity index (χ0n) is 18.2. The standard InChI is InChI=1S/C26H26ClNO3/c1-16(2)31-24-15-22-19(13-23(24)30-4)14-25(29)28(21-11-5-17(3)6-12-21)26(22)18-7-9-20(27)10-8-18/h5-13,15-16,26H,14H2,1-4H3. The zero-order valence-corrected chi connectivity index (χ0v) is 18.9. The first-order chi connectivity index (χ1) is 14.9. The molecule has 31 heavy (non-hydrogen) atoms. The van der Waals surface area contributed by atoms with Crippen LogP contribution < -0.4 is 14.4 Å². The number of fused-ring (bicyclic) bond motifs is 1. The Morgan fingerprint density at radius 2 is 1.68 bits per heavy atom. The monoisotopic (exact) mass is 435 g/mol. The Morgan fingerprint density at radius 1 is 1.00 bits per heavy atom. The Hall–Kier alpha value is -2.98. The van der Waals surface area contributed by atoms with Crippen LogP contribution in [0.3, 0.4) is 0 Å². The molecule has 0 aromatic heterocycles. The van der Waals surface area contributed by atoms with Crippen LogP contribution >= 0.6 is 11.6 Å². The highest BCUT2D eigenvalue weighted by Gasteiger charge is 2.36. The van der Waals surface area contributed by atoms with E-state index in [1.54, 1.807) is 7.11 Å². The molecule has 1 aliphatic heterocycles. The Labute approximate surface area is 188 Å². The van der Waals surface area contributed by atoms with Crippen LogP contribution in [0, 0.1) is 6.92 Å². The third-order valence-electron chi connectivity index (χ3n) is 5.45. The number of hydrogen-bond donors (Lipinski definition) is 0. The van der Waals surface area contributed by atoms with E-state index in [4.69, 9.17) is 21.1 Å². The van der Waals surface area contributed by atoms with Gasteiger partial charge in [-0.05, 0) is 73.9 Å². The first-order valence-electron chi connectivity index (χ1n) is 10.4. The molecule has 160 valence electrons. The van der Waals surface area contributed by atoms with Crippen molar-refractivity contribution in [3.05, 3.63) is 87.9 Å². The van der Waals surface area contributed by atoms with Gasteiger partial charge in [-0.25, -0.2) is 0 Å². The van der Waals surface area contributed by atoms with Gasteiger partial charge in [0.25, 0.3) is 0 Å². The van der Waals surface area contributed by atoms with Gasteiger partial charge in [0.05, 0.1) is 25.7 Å². The number of amides is 1. The van der Waals surface area contributed by atoms with E-state index in [0.717, 1.165) is 27.9 Å². The second-order valence-electron chi connectivity index (χ2n) is 8.10. The van der Waals surface area contributed by atoms with Crippen LogP contribution in [-0.4, -0.2) is 19.1 Å². The molecule has 0 radical (unpaired) electrons. The zero-order chi connectivity index (χ0) is 22.1. The normalized spacial score (nSPS) is 15.7. The van der Waals surface area contributed by atoms with Crippen LogP contribution in [0.1, 0.15) is 42.1 Å². The van der Waals surface area contributed by atoms with Crippen molar-refractivity contribution in [2.24, 2.45) is 0 Å². The van der Waals surface area contributed by atoms with Crippen LogP contribution in [0.2, 0.25) is 5.02 Å². The number of rotatable bonds is 5. The molecule has 4 rings (SSSR count). The minimum atomic E-state index is -0.295. The summed E-state index contributed by atoms with van der Waals surface area (Å²) in [5.74, 6) is 1.35. The van der Waals surface area contributed by atoms with Gasteiger partial charge in [-0.1, -0.05) is 41.4 Å². The molecule has 1 atom stereocenters. The summed E-state index contributed by atoms with van der Waals surface area (Å²) in [6.07, 6.45) is 0.297. The molecule has 0 saturated heterocycles. The fourth-order valence-electron chi connectivity index (χ4n) is 4.03. The Morgan fingerprint density at radius 3 is 2.29 bits per heavy atom. The fourth-order valence-corrected chi connectivity index (χ4v) is 4.16. The molecule has 1 unspecified atom stereocenters. The summed E-state index contributed by atoms with van der Waals surface area (Å²) < 4.78 is 11.6. The number of ether oxygens (including phenoxy) is 2. The van der Waals surface area contributed by atoms with Gasteiger partial charge in [0, 0.05) is 10.7 Å². The predicted octanol–water partition coefficient (Wildman–Crippen LogP) is 6.12. The Kier molecular flexibility index (Phi) is 5.92. The maximum Gasteiger partial charge on any atom is 0.232 e. The highest BCUT2D eigenvalue weighted by atomic mass is 35.5. The van der Waals surface area contributed by atoms with Crippen molar-refractivity contribution < 1.29 is 14.3 Å². The lowest BCUT2D eigenvalue weighted by molar-refractivity contribution is -0.118. The molecule has 3 aromatic carbocycles. The van der Waals surface area contributed by atoms with Gasteiger partial charge in [-0.2, -0.15) is 0 Å². The van der Waals surface area contributed by atoms with E-state index in [-0.39, 0.29) is 18.1 Å². The molecule has 1 heterocycles. The molecular weight excluding hydrogens is 410 g/mol. The van der Waals surface area contributed by atoms with E-state index in [1.165, 1.54) is 0 Å². The summed E-state index contributed by atoms with van der Waals surface area (Å²) >= 11 is 6.16. The largest absolute Gasteiger partial charge is 0.493 e. The second-order valence-corrected chi connectivity index (χ2v) is 8.54. The number of nitrogens with zero attached hydrogens (tertiary/aromatic N) is 1. The number of anilines is 1. The lowest BCUT2D eigenvalue weighted by Gasteiger charge is -2.38. The van der Waals surface area contributed by atoms with Gasteiger partial charge in [-0.3, -0.25) is 4.79 Å². The Bertz CT molecular complexity index is 1090. The minimum Gasteiger partial charge on any atom is -0.493 e. The van der Waals surface area contributed by atoms with Gasteiger partial charge in [0.2, 0.25) is 5.91 Å². The number of halogens is 1. The smallest absolute Gasteiger partial charge is 0.232 e. The van der Waals surface area contributed by atoms with Crippen molar-refractivity contribution in [1.82, 2.24) is 0 Å². The summed E-state index contributed by atoms with van der Waals surface area (Å²) in [6.45, 7) is 6.00. The highest BCUT2D eigenvalue weighted by Crippen LogP contribution is 2.43.